The second-order valence-electron chi connectivity index (χ2n) is 4.29. The largest absolute Gasteiger partial charge is 0.327 e. The van der Waals surface area contributed by atoms with Gasteiger partial charge in [-0.25, -0.2) is 0 Å². The first-order valence-electron chi connectivity index (χ1n) is 5.46. The third-order valence-corrected chi connectivity index (χ3v) is 3.14. The van der Waals surface area contributed by atoms with E-state index in [2.05, 4.69) is 6.92 Å². The van der Waals surface area contributed by atoms with Gasteiger partial charge in [-0.15, -0.1) is 0 Å². The topological polar surface area (TPSA) is 43.1 Å². The first-order chi connectivity index (χ1) is 6.16. The lowest BCUT2D eigenvalue weighted by molar-refractivity contribution is -0.126. The molecule has 3 unspecified atom stereocenters. The molecule has 0 aromatic rings. The van der Waals surface area contributed by atoms with Crippen molar-refractivity contribution >= 4 is 5.78 Å². The van der Waals surface area contributed by atoms with Gasteiger partial charge in [-0.2, -0.15) is 0 Å². The van der Waals surface area contributed by atoms with E-state index < -0.39 is 0 Å². The minimum Gasteiger partial charge on any atom is -0.327 e. The molecule has 3 atom stereocenters. The van der Waals surface area contributed by atoms with E-state index in [1.165, 1.54) is 0 Å². The maximum atomic E-state index is 11.9. The van der Waals surface area contributed by atoms with Crippen molar-refractivity contribution in [2.24, 2.45) is 17.6 Å². The minimum atomic E-state index is 0.145. The summed E-state index contributed by atoms with van der Waals surface area (Å²) in [5.74, 6) is 0.799. The molecule has 2 heteroatoms. The number of ketones is 1. The Labute approximate surface area is 80.9 Å². The molecule has 0 spiro atoms. The lowest BCUT2D eigenvalue weighted by Gasteiger charge is -2.18. The number of Topliss-reactive ketones (excluding diaryl/α,β-unsaturated/α-hetero) is 1. The zero-order valence-electron chi connectivity index (χ0n) is 8.75. The van der Waals surface area contributed by atoms with Crippen LogP contribution in [0.4, 0.5) is 0 Å². The minimum absolute atomic E-state index is 0.145. The number of rotatable bonds is 4. The predicted molar refractivity (Wildman–Crippen MR) is 54.4 cm³/mol. The Balaban J connectivity index is 2.46. The highest BCUT2D eigenvalue weighted by atomic mass is 16.1. The molecule has 1 fully saturated rings. The van der Waals surface area contributed by atoms with Crippen molar-refractivity contribution in [2.45, 2.75) is 52.0 Å². The molecular formula is C11H21NO. The Morgan fingerprint density at radius 3 is 2.69 bits per heavy atom. The number of carbonyl (C=O) groups excluding carboxylic acids is 1. The SMILES string of the molecule is CCCC(C)C(=O)C1CCCC1N. The second kappa shape index (κ2) is 4.75. The van der Waals surface area contributed by atoms with Crippen LogP contribution >= 0.6 is 0 Å². The molecule has 0 amide bonds. The summed E-state index contributed by atoms with van der Waals surface area (Å²) in [5, 5.41) is 0. The molecule has 0 aromatic carbocycles. The van der Waals surface area contributed by atoms with Crippen LogP contribution in [-0.4, -0.2) is 11.8 Å². The number of hydrogen-bond donors (Lipinski definition) is 1. The van der Waals surface area contributed by atoms with Crippen molar-refractivity contribution in [3.8, 4) is 0 Å². The van der Waals surface area contributed by atoms with Crippen LogP contribution in [-0.2, 0) is 4.79 Å². The molecule has 0 heterocycles. The summed E-state index contributed by atoms with van der Waals surface area (Å²) in [4.78, 5) is 11.9. The van der Waals surface area contributed by atoms with Gasteiger partial charge in [0.25, 0.3) is 0 Å². The van der Waals surface area contributed by atoms with Gasteiger partial charge in [0, 0.05) is 17.9 Å². The highest BCUT2D eigenvalue weighted by molar-refractivity contribution is 5.84. The molecule has 0 bridgehead atoms. The van der Waals surface area contributed by atoms with Gasteiger partial charge in [-0.1, -0.05) is 26.7 Å². The molecule has 2 N–H and O–H groups in total. The molecular weight excluding hydrogens is 162 g/mol. The number of carbonyl (C=O) groups is 1. The highest BCUT2D eigenvalue weighted by Gasteiger charge is 2.32. The number of nitrogens with two attached hydrogens (primary N) is 1. The smallest absolute Gasteiger partial charge is 0.140 e. The number of hydrogen-bond acceptors (Lipinski definition) is 2. The van der Waals surface area contributed by atoms with Crippen molar-refractivity contribution in [1.82, 2.24) is 0 Å². The molecule has 1 rings (SSSR count). The Hall–Kier alpha value is -0.370. The van der Waals surface area contributed by atoms with Gasteiger partial charge in [0.2, 0.25) is 0 Å². The maximum Gasteiger partial charge on any atom is 0.140 e. The standard InChI is InChI=1S/C11H21NO/c1-3-5-8(2)11(13)9-6-4-7-10(9)12/h8-10H,3-7,12H2,1-2H3. The average Bonchev–Trinajstić information content (AvgIpc) is 2.50. The van der Waals surface area contributed by atoms with Crippen LogP contribution in [0.5, 0.6) is 0 Å². The van der Waals surface area contributed by atoms with E-state index in [-0.39, 0.29) is 17.9 Å². The Kier molecular flexibility index (Phi) is 3.91. The summed E-state index contributed by atoms with van der Waals surface area (Å²) in [6.07, 6.45) is 5.30. The fraction of sp³-hybridized carbons (Fsp3) is 0.909. The summed E-state index contributed by atoms with van der Waals surface area (Å²) in [7, 11) is 0. The van der Waals surface area contributed by atoms with E-state index >= 15 is 0 Å². The van der Waals surface area contributed by atoms with Gasteiger partial charge in [0.1, 0.15) is 5.78 Å². The lowest BCUT2D eigenvalue weighted by Crippen LogP contribution is -2.33. The summed E-state index contributed by atoms with van der Waals surface area (Å²) in [6.45, 7) is 4.16. The van der Waals surface area contributed by atoms with Crippen molar-refractivity contribution in [2.75, 3.05) is 0 Å². The first kappa shape index (κ1) is 10.7. The van der Waals surface area contributed by atoms with Crippen LogP contribution in [0.1, 0.15) is 46.0 Å². The summed E-state index contributed by atoms with van der Waals surface area (Å²) >= 11 is 0. The Bertz CT molecular complexity index is 179. The predicted octanol–water partition coefficient (Wildman–Crippen LogP) is 2.12. The van der Waals surface area contributed by atoms with Gasteiger partial charge in [0.15, 0.2) is 0 Å². The quantitative estimate of drug-likeness (QED) is 0.725. The summed E-state index contributed by atoms with van der Waals surface area (Å²) < 4.78 is 0. The van der Waals surface area contributed by atoms with Crippen LogP contribution in [0, 0.1) is 11.8 Å². The Morgan fingerprint density at radius 2 is 2.23 bits per heavy atom. The van der Waals surface area contributed by atoms with Crippen molar-refractivity contribution in [3.63, 3.8) is 0 Å². The molecule has 76 valence electrons. The summed E-state index contributed by atoms with van der Waals surface area (Å²) in [6, 6.07) is 0.145. The monoisotopic (exact) mass is 183 g/mol. The fourth-order valence-corrected chi connectivity index (χ4v) is 2.28. The molecule has 0 aromatic heterocycles. The van der Waals surface area contributed by atoms with E-state index in [4.69, 9.17) is 5.73 Å². The lowest BCUT2D eigenvalue weighted by atomic mass is 9.88. The van der Waals surface area contributed by atoms with Crippen molar-refractivity contribution in [1.29, 1.82) is 0 Å². The average molecular weight is 183 g/mol. The molecule has 0 aliphatic heterocycles. The molecule has 13 heavy (non-hydrogen) atoms. The van der Waals surface area contributed by atoms with E-state index in [9.17, 15) is 4.79 Å². The zero-order chi connectivity index (χ0) is 9.84. The third kappa shape index (κ3) is 2.53. The van der Waals surface area contributed by atoms with E-state index in [1.54, 1.807) is 0 Å². The molecule has 2 nitrogen and oxygen atoms in total. The van der Waals surface area contributed by atoms with Crippen LogP contribution in [0.15, 0.2) is 0 Å². The van der Waals surface area contributed by atoms with Crippen LogP contribution in [0.2, 0.25) is 0 Å². The Morgan fingerprint density at radius 1 is 1.54 bits per heavy atom. The molecule has 0 saturated heterocycles. The van der Waals surface area contributed by atoms with Gasteiger partial charge in [-0.05, 0) is 19.3 Å². The molecule has 0 radical (unpaired) electrons. The van der Waals surface area contributed by atoms with Crippen molar-refractivity contribution < 1.29 is 4.79 Å². The molecule has 1 aliphatic carbocycles. The molecule has 1 aliphatic rings. The van der Waals surface area contributed by atoms with E-state index in [1.807, 2.05) is 6.92 Å². The highest BCUT2D eigenvalue weighted by Crippen LogP contribution is 2.28. The second-order valence-corrected chi connectivity index (χ2v) is 4.29. The fourth-order valence-electron chi connectivity index (χ4n) is 2.28. The molecule has 1 saturated carbocycles. The van der Waals surface area contributed by atoms with E-state index in [0.29, 0.717) is 5.78 Å². The van der Waals surface area contributed by atoms with Gasteiger partial charge >= 0.3 is 0 Å². The third-order valence-electron chi connectivity index (χ3n) is 3.14. The van der Waals surface area contributed by atoms with Crippen LogP contribution in [0.25, 0.3) is 0 Å². The normalized spacial score (nSPS) is 30.4. The van der Waals surface area contributed by atoms with Crippen LogP contribution < -0.4 is 5.73 Å². The van der Waals surface area contributed by atoms with Gasteiger partial charge in [-0.3, -0.25) is 4.79 Å². The van der Waals surface area contributed by atoms with Gasteiger partial charge < -0.3 is 5.73 Å². The van der Waals surface area contributed by atoms with Crippen molar-refractivity contribution in [3.05, 3.63) is 0 Å². The summed E-state index contributed by atoms with van der Waals surface area (Å²) in [5.41, 5.74) is 5.89. The zero-order valence-corrected chi connectivity index (χ0v) is 8.75. The van der Waals surface area contributed by atoms with E-state index in [0.717, 1.165) is 32.1 Å². The maximum absolute atomic E-state index is 11.9. The van der Waals surface area contributed by atoms with Crippen LogP contribution in [0.3, 0.4) is 0 Å². The van der Waals surface area contributed by atoms with Gasteiger partial charge in [0.05, 0.1) is 0 Å². The first-order valence-corrected chi connectivity index (χ1v) is 5.46.